The van der Waals surface area contributed by atoms with Gasteiger partial charge in [0.25, 0.3) is 20.0 Å². The molecule has 0 amide bonds. The lowest BCUT2D eigenvalue weighted by molar-refractivity contribution is 0.591. The molecule has 0 saturated heterocycles. The lowest BCUT2D eigenvalue weighted by Crippen LogP contribution is -2.41. The molecule has 1 aromatic heterocycles. The Bertz CT molecular complexity index is 1510. The number of aliphatic imine (C=N–C) groups is 2. The smallest absolute Gasteiger partial charge is 0.264 e. The topological polar surface area (TPSA) is 194 Å². The lowest BCUT2D eigenvalue weighted by Gasteiger charge is -2.13. The van der Waals surface area contributed by atoms with Crippen LogP contribution in [0.5, 0.6) is 0 Å². The van der Waals surface area contributed by atoms with Gasteiger partial charge in [-0.3, -0.25) is 9.71 Å². The summed E-state index contributed by atoms with van der Waals surface area (Å²) in [6, 6.07) is 11.9. The molecule has 3 aromatic rings. The molecule has 0 atom stereocenters. The summed E-state index contributed by atoms with van der Waals surface area (Å²) in [5.74, 6) is 1.23. The second-order valence-corrected chi connectivity index (χ2v) is 13.1. The SMILES string of the molecule is CN=C(NCCSCc1csc(N=C(N)N)n1)NS(=O)(=O)c1cccc(S(=O)(=O)Nc2ccc(C)cc2)c1. The number of guanidine groups is 2. The van der Waals surface area contributed by atoms with Gasteiger partial charge in [0.15, 0.2) is 5.96 Å². The molecular weight excluding hydrogens is 569 g/mol. The van der Waals surface area contributed by atoms with Gasteiger partial charge in [0.1, 0.15) is 0 Å². The number of aromatic nitrogens is 1. The third-order valence-electron chi connectivity index (χ3n) is 4.74. The molecule has 0 aliphatic heterocycles. The second-order valence-electron chi connectivity index (χ2n) is 7.76. The van der Waals surface area contributed by atoms with E-state index < -0.39 is 20.0 Å². The summed E-state index contributed by atoms with van der Waals surface area (Å²) in [6.45, 7) is 2.30. The molecule has 0 fully saturated rings. The fourth-order valence-corrected chi connectivity index (χ4v) is 6.75. The predicted molar refractivity (Wildman–Crippen MR) is 154 cm³/mol. The van der Waals surface area contributed by atoms with Gasteiger partial charge in [-0.25, -0.2) is 26.5 Å². The largest absolute Gasteiger partial charge is 0.370 e. The normalized spacial score (nSPS) is 12.1. The number of thioether (sulfide) groups is 1. The Balaban J connectivity index is 1.56. The first-order valence-electron chi connectivity index (χ1n) is 11.0. The molecule has 2 aromatic carbocycles. The zero-order chi connectivity index (χ0) is 27.8. The maximum atomic E-state index is 12.9. The zero-order valence-electron chi connectivity index (χ0n) is 20.6. The summed E-state index contributed by atoms with van der Waals surface area (Å²) in [5, 5.41) is 5.27. The van der Waals surface area contributed by atoms with Crippen LogP contribution in [0.2, 0.25) is 0 Å². The monoisotopic (exact) mass is 596 g/mol. The van der Waals surface area contributed by atoms with Crippen LogP contribution in [-0.4, -0.2) is 53.1 Å². The summed E-state index contributed by atoms with van der Waals surface area (Å²) in [7, 11) is -6.68. The van der Waals surface area contributed by atoms with Crippen molar-refractivity contribution in [2.75, 3.05) is 24.1 Å². The molecule has 38 heavy (non-hydrogen) atoms. The molecule has 16 heteroatoms. The van der Waals surface area contributed by atoms with Crippen LogP contribution in [0.3, 0.4) is 0 Å². The van der Waals surface area contributed by atoms with Crippen molar-refractivity contribution in [3.63, 3.8) is 0 Å². The fraction of sp³-hybridized carbons (Fsp3) is 0.227. The van der Waals surface area contributed by atoms with E-state index in [0.29, 0.717) is 28.9 Å². The van der Waals surface area contributed by atoms with E-state index in [-0.39, 0.29) is 21.7 Å². The van der Waals surface area contributed by atoms with E-state index in [1.807, 2.05) is 12.3 Å². The van der Waals surface area contributed by atoms with Gasteiger partial charge in [0.05, 0.1) is 15.5 Å². The highest BCUT2D eigenvalue weighted by Crippen LogP contribution is 2.22. The van der Waals surface area contributed by atoms with Crippen LogP contribution in [0.1, 0.15) is 11.3 Å². The summed E-state index contributed by atoms with van der Waals surface area (Å²) in [6.07, 6.45) is 0. The van der Waals surface area contributed by atoms with Gasteiger partial charge in [0, 0.05) is 36.2 Å². The molecule has 7 N–H and O–H groups in total. The molecule has 0 spiro atoms. The van der Waals surface area contributed by atoms with Crippen molar-refractivity contribution in [3.05, 3.63) is 65.2 Å². The molecule has 204 valence electrons. The first-order valence-corrected chi connectivity index (χ1v) is 16.0. The van der Waals surface area contributed by atoms with Crippen LogP contribution in [0.4, 0.5) is 10.8 Å². The Labute approximate surface area is 230 Å². The van der Waals surface area contributed by atoms with Gasteiger partial charge >= 0.3 is 0 Å². The van der Waals surface area contributed by atoms with Crippen LogP contribution in [0.15, 0.2) is 73.7 Å². The number of nitrogens with zero attached hydrogens (tertiary/aromatic N) is 3. The molecule has 1 heterocycles. The van der Waals surface area contributed by atoms with Crippen LogP contribution >= 0.6 is 23.1 Å². The van der Waals surface area contributed by atoms with Gasteiger partial charge in [-0.1, -0.05) is 23.8 Å². The summed E-state index contributed by atoms with van der Waals surface area (Å²) >= 11 is 2.91. The van der Waals surface area contributed by atoms with E-state index in [1.165, 1.54) is 36.6 Å². The minimum Gasteiger partial charge on any atom is -0.370 e. The van der Waals surface area contributed by atoms with Gasteiger partial charge in [-0.15, -0.1) is 11.3 Å². The molecule has 12 nitrogen and oxygen atoms in total. The van der Waals surface area contributed by atoms with Gasteiger partial charge in [0.2, 0.25) is 11.1 Å². The quantitative estimate of drug-likeness (QED) is 0.125. The van der Waals surface area contributed by atoms with Gasteiger partial charge < -0.3 is 16.8 Å². The minimum atomic E-state index is -4.11. The van der Waals surface area contributed by atoms with Crippen LogP contribution in [0, 0.1) is 6.92 Å². The third kappa shape index (κ3) is 8.61. The minimum absolute atomic E-state index is 0.0281. The van der Waals surface area contributed by atoms with E-state index in [2.05, 4.69) is 29.7 Å². The Kier molecular flexibility index (Phi) is 9.96. The van der Waals surface area contributed by atoms with Crippen LogP contribution in [0.25, 0.3) is 0 Å². The zero-order valence-corrected chi connectivity index (χ0v) is 23.8. The number of hydrogen-bond donors (Lipinski definition) is 5. The number of hydrogen-bond acceptors (Lipinski definition) is 9. The van der Waals surface area contributed by atoms with Crippen molar-refractivity contribution in [1.29, 1.82) is 0 Å². The molecule has 0 aliphatic rings. The predicted octanol–water partition coefficient (Wildman–Crippen LogP) is 1.94. The molecule has 0 bridgehead atoms. The molecule has 3 rings (SSSR count). The Hall–Kier alpha value is -3.34. The maximum absolute atomic E-state index is 12.9. The summed E-state index contributed by atoms with van der Waals surface area (Å²) < 4.78 is 56.3. The number of rotatable bonds is 11. The number of nitrogens with two attached hydrogens (primary N) is 2. The van der Waals surface area contributed by atoms with E-state index in [4.69, 9.17) is 11.5 Å². The van der Waals surface area contributed by atoms with Crippen molar-refractivity contribution in [3.8, 4) is 0 Å². The van der Waals surface area contributed by atoms with Crippen molar-refractivity contribution in [2.24, 2.45) is 21.5 Å². The standard InChI is InChI=1S/C22H28N8O4S4/c1-15-6-8-16(9-7-15)29-37(31,32)18-4-3-5-19(12-18)38(33,34)30-21(25-2)26-10-11-35-13-17-14-36-22(27-17)28-20(23)24/h3-9,12,14,29H,10-11,13H2,1-2H3,(H2,25,26,30)(H4,23,24,27,28). The van der Waals surface area contributed by atoms with Gasteiger partial charge in [-0.2, -0.15) is 16.8 Å². The van der Waals surface area contributed by atoms with Crippen molar-refractivity contribution in [1.82, 2.24) is 15.0 Å². The fourth-order valence-electron chi connectivity index (χ4n) is 2.93. The third-order valence-corrected chi connectivity index (χ3v) is 9.23. The van der Waals surface area contributed by atoms with Crippen LogP contribution in [-0.2, 0) is 25.8 Å². The highest BCUT2D eigenvalue weighted by Gasteiger charge is 2.21. The number of nitrogens with one attached hydrogen (secondary N) is 3. The highest BCUT2D eigenvalue weighted by atomic mass is 32.2. The van der Waals surface area contributed by atoms with E-state index in [0.717, 1.165) is 17.3 Å². The number of sulfonamides is 2. The first-order chi connectivity index (χ1) is 18.0. The number of thiazole rings is 1. The molecule has 0 radical (unpaired) electrons. The van der Waals surface area contributed by atoms with Crippen molar-refractivity contribution >= 4 is 65.9 Å². The van der Waals surface area contributed by atoms with Crippen molar-refractivity contribution < 1.29 is 16.8 Å². The van der Waals surface area contributed by atoms with E-state index in [9.17, 15) is 16.8 Å². The molecular formula is C22H28N8O4S4. The van der Waals surface area contributed by atoms with Crippen LogP contribution < -0.4 is 26.2 Å². The summed E-state index contributed by atoms with van der Waals surface area (Å²) in [4.78, 5) is 11.7. The maximum Gasteiger partial charge on any atom is 0.264 e. The Morgan fingerprint density at radius 3 is 2.39 bits per heavy atom. The second kappa shape index (κ2) is 12.9. The highest BCUT2D eigenvalue weighted by molar-refractivity contribution is 7.98. The Morgan fingerprint density at radius 2 is 1.74 bits per heavy atom. The molecule has 0 saturated carbocycles. The van der Waals surface area contributed by atoms with E-state index >= 15 is 0 Å². The summed E-state index contributed by atoms with van der Waals surface area (Å²) in [5.41, 5.74) is 12.9. The van der Waals surface area contributed by atoms with Gasteiger partial charge in [-0.05, 0) is 37.3 Å². The lowest BCUT2D eigenvalue weighted by atomic mass is 10.2. The van der Waals surface area contributed by atoms with E-state index in [1.54, 1.807) is 36.0 Å². The first kappa shape index (κ1) is 29.2. The number of aryl methyl sites for hydroxylation is 1. The number of benzene rings is 2. The van der Waals surface area contributed by atoms with Crippen molar-refractivity contribution in [2.45, 2.75) is 22.5 Å². The Morgan fingerprint density at radius 1 is 1.05 bits per heavy atom. The average molecular weight is 597 g/mol. The molecule has 0 unspecified atom stereocenters. The molecule has 0 aliphatic carbocycles. The average Bonchev–Trinajstić information content (AvgIpc) is 3.30. The number of anilines is 1.